The largest absolute Gasteiger partial charge is 0.339 e. The minimum Gasteiger partial charge on any atom is -0.339 e. The molecule has 5 aromatic carbocycles. The first kappa shape index (κ1) is 21.2. The van der Waals surface area contributed by atoms with E-state index in [2.05, 4.69) is 112 Å². The Balaban J connectivity index is 1.29. The highest BCUT2D eigenvalue weighted by Crippen LogP contribution is 2.43. The molecule has 0 bridgehead atoms. The molecule has 3 nitrogen and oxygen atoms in total. The van der Waals surface area contributed by atoms with E-state index in [1.165, 1.54) is 78.6 Å². The molecule has 0 aliphatic heterocycles. The zero-order chi connectivity index (χ0) is 25.9. The third kappa shape index (κ3) is 2.70. The Morgan fingerprint density at radius 1 is 0.500 bits per heavy atom. The number of aromatic amines is 1. The molecule has 10 rings (SSSR count). The van der Waals surface area contributed by atoms with Crippen molar-refractivity contribution in [3.63, 3.8) is 0 Å². The van der Waals surface area contributed by atoms with E-state index in [9.17, 15) is 0 Å². The topological polar surface area (TPSA) is 33.6 Å². The van der Waals surface area contributed by atoms with Gasteiger partial charge in [-0.1, -0.05) is 42.5 Å². The van der Waals surface area contributed by atoms with Crippen LogP contribution in [0.15, 0.2) is 109 Å². The van der Waals surface area contributed by atoms with Gasteiger partial charge in [0.05, 0.1) is 11.0 Å². The van der Waals surface area contributed by atoms with Crippen LogP contribution in [0.4, 0.5) is 0 Å². The standard InChI is InChI=1S/C35H19N3S2/c1-3-9-29-20(6-1)25-15-26-27-16-28-24(23-8-5-13-36-35(23)37-28)17-33(27)40-34(26)18-30(25)38(29)19-11-12-22-21-7-2-4-10-31(21)39-32(22)14-19/h1-18H,(H,36,37). The predicted octanol–water partition coefficient (Wildman–Crippen LogP) is 10.5. The number of hydrogen-bond acceptors (Lipinski definition) is 3. The maximum Gasteiger partial charge on any atom is 0.138 e. The second-order valence-corrected chi connectivity index (χ2v) is 12.7. The highest BCUT2D eigenvalue weighted by atomic mass is 32.1. The first-order valence-electron chi connectivity index (χ1n) is 13.4. The van der Waals surface area contributed by atoms with Gasteiger partial charge in [0, 0.05) is 79.3 Å². The molecule has 5 heterocycles. The number of H-pyrrole nitrogens is 1. The summed E-state index contributed by atoms with van der Waals surface area (Å²) in [5, 5.41) is 10.3. The van der Waals surface area contributed by atoms with Crippen LogP contribution < -0.4 is 0 Å². The number of rotatable bonds is 1. The van der Waals surface area contributed by atoms with Crippen molar-refractivity contribution in [3.05, 3.63) is 109 Å². The summed E-state index contributed by atoms with van der Waals surface area (Å²) in [5.41, 5.74) is 5.78. The number of thiophene rings is 2. The van der Waals surface area contributed by atoms with Crippen LogP contribution in [0.2, 0.25) is 0 Å². The van der Waals surface area contributed by atoms with Crippen LogP contribution in [0.5, 0.6) is 0 Å². The van der Waals surface area contributed by atoms with Crippen molar-refractivity contribution in [2.75, 3.05) is 0 Å². The maximum atomic E-state index is 4.54. The lowest BCUT2D eigenvalue weighted by atomic mass is 10.1. The summed E-state index contributed by atoms with van der Waals surface area (Å²) in [6, 6.07) is 38.1. The van der Waals surface area contributed by atoms with Gasteiger partial charge in [0.2, 0.25) is 0 Å². The monoisotopic (exact) mass is 545 g/mol. The first-order chi connectivity index (χ1) is 19.8. The smallest absolute Gasteiger partial charge is 0.138 e. The quantitative estimate of drug-likeness (QED) is 0.219. The molecule has 40 heavy (non-hydrogen) atoms. The van der Waals surface area contributed by atoms with Crippen molar-refractivity contribution in [2.24, 2.45) is 0 Å². The van der Waals surface area contributed by atoms with Crippen LogP contribution in [0.1, 0.15) is 0 Å². The molecule has 5 heteroatoms. The lowest BCUT2D eigenvalue weighted by molar-refractivity contribution is 1.19. The van der Waals surface area contributed by atoms with Crippen LogP contribution in [-0.2, 0) is 0 Å². The van der Waals surface area contributed by atoms with Crippen molar-refractivity contribution in [3.8, 4) is 5.69 Å². The van der Waals surface area contributed by atoms with Gasteiger partial charge in [0.1, 0.15) is 5.65 Å². The minimum atomic E-state index is 0.945. The molecule has 0 fully saturated rings. The second kappa shape index (κ2) is 7.48. The van der Waals surface area contributed by atoms with E-state index >= 15 is 0 Å². The van der Waals surface area contributed by atoms with Crippen LogP contribution >= 0.6 is 22.7 Å². The van der Waals surface area contributed by atoms with Crippen molar-refractivity contribution in [2.45, 2.75) is 0 Å². The summed E-state index contributed by atoms with van der Waals surface area (Å²) >= 11 is 3.75. The normalized spacial score (nSPS) is 12.5. The maximum absolute atomic E-state index is 4.54. The highest BCUT2D eigenvalue weighted by molar-refractivity contribution is 7.26. The molecule has 0 saturated heterocycles. The molecule has 10 aromatic rings. The lowest BCUT2D eigenvalue weighted by Gasteiger charge is -2.08. The summed E-state index contributed by atoms with van der Waals surface area (Å²) in [6.45, 7) is 0. The molecule has 0 unspecified atom stereocenters. The molecule has 0 radical (unpaired) electrons. The molecular formula is C35H19N3S2. The average molecular weight is 546 g/mol. The number of para-hydroxylation sites is 1. The summed E-state index contributed by atoms with van der Waals surface area (Å²) in [6.07, 6.45) is 1.85. The van der Waals surface area contributed by atoms with E-state index in [1.807, 2.05) is 34.9 Å². The molecule has 1 N–H and O–H groups in total. The van der Waals surface area contributed by atoms with E-state index in [-0.39, 0.29) is 0 Å². The van der Waals surface area contributed by atoms with Crippen molar-refractivity contribution in [1.29, 1.82) is 0 Å². The fourth-order valence-electron chi connectivity index (χ4n) is 6.59. The average Bonchev–Trinajstić information content (AvgIpc) is 3.72. The number of aromatic nitrogens is 3. The lowest BCUT2D eigenvalue weighted by Crippen LogP contribution is -1.93. The summed E-state index contributed by atoms with van der Waals surface area (Å²) in [4.78, 5) is 8.07. The Morgan fingerprint density at radius 3 is 2.23 bits per heavy atom. The van der Waals surface area contributed by atoms with Gasteiger partial charge in [-0.3, -0.25) is 0 Å². The molecule has 0 amide bonds. The summed E-state index contributed by atoms with van der Waals surface area (Å²) in [5.74, 6) is 0. The minimum absolute atomic E-state index is 0.945. The van der Waals surface area contributed by atoms with Gasteiger partial charge in [-0.15, -0.1) is 22.7 Å². The zero-order valence-corrected chi connectivity index (χ0v) is 22.7. The van der Waals surface area contributed by atoms with E-state index in [0.29, 0.717) is 0 Å². The fraction of sp³-hybridized carbons (Fsp3) is 0. The van der Waals surface area contributed by atoms with Crippen LogP contribution in [-0.4, -0.2) is 14.5 Å². The van der Waals surface area contributed by atoms with Crippen LogP contribution in [0.25, 0.3) is 89.8 Å². The molecule has 0 saturated carbocycles. The third-order valence-electron chi connectivity index (χ3n) is 8.38. The van der Waals surface area contributed by atoms with Gasteiger partial charge < -0.3 is 9.55 Å². The summed E-state index contributed by atoms with van der Waals surface area (Å²) < 4.78 is 7.72. The van der Waals surface area contributed by atoms with E-state index in [1.54, 1.807) is 0 Å². The molecule has 0 atom stereocenters. The molecule has 0 aliphatic rings. The Hall–Kier alpha value is -4.71. The van der Waals surface area contributed by atoms with Gasteiger partial charge in [-0.2, -0.15) is 0 Å². The Kier molecular flexibility index (Phi) is 3.95. The number of pyridine rings is 1. The van der Waals surface area contributed by atoms with Gasteiger partial charge in [-0.05, 0) is 60.7 Å². The number of nitrogens with zero attached hydrogens (tertiary/aromatic N) is 2. The SMILES string of the molecule is c1ccc2c(c1)sc1cc(-n3c4ccccc4c4cc5c(cc43)sc3cc4c(cc35)[nH]c3ncccc34)ccc12. The molecule has 186 valence electrons. The Labute approximate surface area is 235 Å². The Morgan fingerprint density at radius 2 is 1.25 bits per heavy atom. The Bertz CT molecular complexity index is 2660. The van der Waals surface area contributed by atoms with Gasteiger partial charge in [0.25, 0.3) is 0 Å². The number of hydrogen-bond donors (Lipinski definition) is 1. The summed E-state index contributed by atoms with van der Waals surface area (Å²) in [7, 11) is 0. The third-order valence-corrected chi connectivity index (χ3v) is 10.6. The number of fused-ring (bicyclic) bond motifs is 12. The van der Waals surface area contributed by atoms with Crippen molar-refractivity contribution >= 4 is 107 Å². The fourth-order valence-corrected chi connectivity index (χ4v) is 8.87. The van der Waals surface area contributed by atoms with E-state index in [4.69, 9.17) is 0 Å². The van der Waals surface area contributed by atoms with Crippen molar-refractivity contribution in [1.82, 2.24) is 14.5 Å². The highest BCUT2D eigenvalue weighted by Gasteiger charge is 2.17. The second-order valence-electron chi connectivity index (χ2n) is 10.5. The van der Waals surface area contributed by atoms with Crippen molar-refractivity contribution < 1.29 is 0 Å². The van der Waals surface area contributed by atoms with Gasteiger partial charge in [-0.25, -0.2) is 4.98 Å². The van der Waals surface area contributed by atoms with Crippen LogP contribution in [0, 0.1) is 0 Å². The molecular weight excluding hydrogens is 527 g/mol. The van der Waals surface area contributed by atoms with E-state index in [0.717, 1.165) is 11.2 Å². The number of nitrogens with one attached hydrogen (secondary N) is 1. The predicted molar refractivity (Wildman–Crippen MR) is 174 cm³/mol. The first-order valence-corrected chi connectivity index (χ1v) is 15.0. The van der Waals surface area contributed by atoms with Crippen LogP contribution in [0.3, 0.4) is 0 Å². The van der Waals surface area contributed by atoms with Gasteiger partial charge in [0.15, 0.2) is 0 Å². The van der Waals surface area contributed by atoms with E-state index < -0.39 is 0 Å². The number of benzene rings is 5. The zero-order valence-electron chi connectivity index (χ0n) is 21.1. The molecule has 0 spiro atoms. The molecule has 0 aliphatic carbocycles. The van der Waals surface area contributed by atoms with Gasteiger partial charge >= 0.3 is 0 Å². The molecule has 5 aromatic heterocycles.